The normalized spacial score (nSPS) is 19.4. The molecule has 0 amide bonds. The van der Waals surface area contributed by atoms with Crippen LogP contribution in [0.1, 0.15) is 37.3 Å². The number of hydrogen-bond donors (Lipinski definition) is 2. The molecule has 2 aromatic heterocycles. The van der Waals surface area contributed by atoms with Gasteiger partial charge in [0.25, 0.3) is 5.56 Å². The third-order valence-electron chi connectivity index (χ3n) is 6.90. The number of benzene rings is 3. The summed E-state index contributed by atoms with van der Waals surface area (Å²) in [6, 6.07) is 24.7. The molecule has 1 aliphatic heterocycles. The molecule has 1 fully saturated rings. The number of aromatic amines is 1. The van der Waals surface area contributed by atoms with Crippen LogP contribution in [0.2, 0.25) is 0 Å². The van der Waals surface area contributed by atoms with Crippen molar-refractivity contribution in [1.82, 2.24) is 19.5 Å². The smallest absolute Gasteiger partial charge is 0.338 e. The number of hydrogen-bond acceptors (Lipinski definition) is 11. The van der Waals surface area contributed by atoms with Crippen molar-refractivity contribution in [1.29, 1.82) is 0 Å². The van der Waals surface area contributed by atoms with E-state index in [9.17, 15) is 19.2 Å². The summed E-state index contributed by atoms with van der Waals surface area (Å²) >= 11 is 0. The van der Waals surface area contributed by atoms with E-state index in [-0.39, 0.29) is 34.8 Å². The van der Waals surface area contributed by atoms with Crippen LogP contribution in [0.15, 0.2) is 102 Å². The fourth-order valence-electron chi connectivity index (χ4n) is 4.81. The Balaban J connectivity index is 1.39. The lowest BCUT2D eigenvalue weighted by atomic mass is 10.1. The van der Waals surface area contributed by atoms with Gasteiger partial charge in [0.1, 0.15) is 12.7 Å². The Morgan fingerprint density at radius 1 is 0.795 bits per heavy atom. The number of ether oxygens (including phenoxy) is 4. The van der Waals surface area contributed by atoms with Crippen molar-refractivity contribution in [3.63, 3.8) is 0 Å². The fraction of sp³-hybridized carbons (Fsp3) is 0.161. The van der Waals surface area contributed by atoms with Gasteiger partial charge in [0.05, 0.1) is 23.0 Å². The van der Waals surface area contributed by atoms with E-state index in [2.05, 4.69) is 15.0 Å². The first-order valence-electron chi connectivity index (χ1n) is 13.5. The van der Waals surface area contributed by atoms with E-state index in [1.807, 2.05) is 0 Å². The van der Waals surface area contributed by atoms with Crippen molar-refractivity contribution in [2.45, 2.75) is 24.5 Å². The Hall–Kier alpha value is -5.82. The summed E-state index contributed by atoms with van der Waals surface area (Å²) in [4.78, 5) is 62.6. The average molecular weight is 596 g/mol. The Bertz CT molecular complexity index is 1860. The van der Waals surface area contributed by atoms with E-state index in [0.29, 0.717) is 5.56 Å². The first-order valence-corrected chi connectivity index (χ1v) is 13.5. The maximum Gasteiger partial charge on any atom is 0.338 e. The van der Waals surface area contributed by atoms with Gasteiger partial charge in [-0.2, -0.15) is 4.98 Å². The summed E-state index contributed by atoms with van der Waals surface area (Å²) in [5, 5.41) is 0. The molecule has 13 heteroatoms. The molecule has 1 saturated heterocycles. The molecular weight excluding hydrogens is 570 g/mol. The third kappa shape index (κ3) is 5.76. The number of nitrogens with zero attached hydrogens (tertiary/aromatic N) is 3. The second kappa shape index (κ2) is 12.2. The number of H-pyrrole nitrogens is 1. The van der Waals surface area contributed by atoms with Crippen LogP contribution in [0.5, 0.6) is 0 Å². The molecule has 44 heavy (non-hydrogen) atoms. The maximum absolute atomic E-state index is 13.3. The largest absolute Gasteiger partial charge is 0.459 e. The zero-order valence-corrected chi connectivity index (χ0v) is 22.9. The van der Waals surface area contributed by atoms with Crippen molar-refractivity contribution in [3.05, 3.63) is 124 Å². The summed E-state index contributed by atoms with van der Waals surface area (Å²) < 4.78 is 25.0. The summed E-state index contributed by atoms with van der Waals surface area (Å²) in [6.45, 7) is -0.376. The van der Waals surface area contributed by atoms with Gasteiger partial charge in [-0.05, 0) is 36.4 Å². The highest BCUT2D eigenvalue weighted by Gasteiger charge is 2.52. The van der Waals surface area contributed by atoms with Crippen LogP contribution in [0.4, 0.5) is 5.95 Å². The first-order chi connectivity index (χ1) is 21.4. The molecule has 222 valence electrons. The highest BCUT2D eigenvalue weighted by molar-refractivity contribution is 5.91. The van der Waals surface area contributed by atoms with Crippen LogP contribution in [0.25, 0.3) is 11.2 Å². The molecule has 0 saturated carbocycles. The van der Waals surface area contributed by atoms with Gasteiger partial charge in [0.15, 0.2) is 29.6 Å². The number of rotatable bonds is 8. The number of carbonyl (C=O) groups is 3. The molecule has 3 heterocycles. The summed E-state index contributed by atoms with van der Waals surface area (Å²) in [5.74, 6) is -2.28. The predicted molar refractivity (Wildman–Crippen MR) is 154 cm³/mol. The second-order valence-corrected chi connectivity index (χ2v) is 9.78. The molecule has 13 nitrogen and oxygen atoms in total. The lowest BCUT2D eigenvalue weighted by molar-refractivity contribution is -0.0606. The van der Waals surface area contributed by atoms with Crippen LogP contribution in [0, 0.1) is 0 Å². The van der Waals surface area contributed by atoms with E-state index >= 15 is 0 Å². The maximum atomic E-state index is 13.3. The number of carbonyl (C=O) groups excluding carboxylic acids is 3. The standard InChI is InChI=1S/C31H25N5O8/c32-31-34-25-22(26(37)35-31)33-17-36(25)27-24(44-30(40)20-14-8-3-9-15-20)23(43-29(39)19-12-6-2-7-13-19)21(42-27)16-41-28(38)18-10-4-1-5-11-18/h1-15,17,21,23-24,27H,16H2,(H3,32,34,35,37)/t21-,23+,24-,27-/m1/s1. The van der Waals surface area contributed by atoms with Crippen molar-refractivity contribution >= 4 is 35.0 Å². The number of aromatic nitrogens is 4. The van der Waals surface area contributed by atoms with Gasteiger partial charge >= 0.3 is 17.9 Å². The van der Waals surface area contributed by atoms with Crippen LogP contribution in [-0.4, -0.2) is 62.3 Å². The number of esters is 3. The number of anilines is 1. The van der Waals surface area contributed by atoms with E-state index in [4.69, 9.17) is 24.7 Å². The van der Waals surface area contributed by atoms with Gasteiger partial charge in [-0.3, -0.25) is 14.3 Å². The molecule has 5 aromatic rings. The molecule has 3 aromatic carbocycles. The average Bonchev–Trinajstić information content (AvgIpc) is 3.62. The number of nitrogen functional groups attached to an aromatic ring is 1. The molecule has 0 aliphatic carbocycles. The van der Waals surface area contributed by atoms with Crippen LogP contribution < -0.4 is 11.3 Å². The molecule has 3 N–H and O–H groups in total. The van der Waals surface area contributed by atoms with Crippen LogP contribution in [0.3, 0.4) is 0 Å². The monoisotopic (exact) mass is 595 g/mol. The highest BCUT2D eigenvalue weighted by Crippen LogP contribution is 2.36. The number of imidazole rings is 1. The molecule has 0 bridgehead atoms. The molecule has 6 rings (SSSR count). The van der Waals surface area contributed by atoms with E-state index in [1.165, 1.54) is 10.9 Å². The fourth-order valence-corrected chi connectivity index (χ4v) is 4.81. The number of fused-ring (bicyclic) bond motifs is 1. The predicted octanol–water partition coefficient (Wildman–Crippen LogP) is 2.91. The van der Waals surface area contributed by atoms with Gasteiger partial charge < -0.3 is 24.7 Å². The van der Waals surface area contributed by atoms with Gasteiger partial charge in [0.2, 0.25) is 5.95 Å². The van der Waals surface area contributed by atoms with Crippen molar-refractivity contribution in [3.8, 4) is 0 Å². The minimum Gasteiger partial charge on any atom is -0.459 e. The zero-order valence-electron chi connectivity index (χ0n) is 22.9. The summed E-state index contributed by atoms with van der Waals surface area (Å²) in [7, 11) is 0. The minimum atomic E-state index is -1.31. The van der Waals surface area contributed by atoms with Gasteiger partial charge in [0, 0.05) is 0 Å². The number of nitrogens with one attached hydrogen (secondary N) is 1. The topological polar surface area (TPSA) is 178 Å². The molecule has 0 unspecified atom stereocenters. The second-order valence-electron chi connectivity index (χ2n) is 9.78. The Morgan fingerprint density at radius 2 is 1.32 bits per heavy atom. The van der Waals surface area contributed by atoms with Crippen LogP contribution >= 0.6 is 0 Å². The van der Waals surface area contributed by atoms with Gasteiger partial charge in [-0.25, -0.2) is 19.4 Å². The van der Waals surface area contributed by atoms with E-state index in [1.54, 1.807) is 91.0 Å². The van der Waals surface area contributed by atoms with Crippen molar-refractivity contribution in [2.24, 2.45) is 0 Å². The summed E-state index contributed by atoms with van der Waals surface area (Å²) in [5.41, 5.74) is 5.96. The highest BCUT2D eigenvalue weighted by atomic mass is 16.7. The van der Waals surface area contributed by atoms with Gasteiger partial charge in [-0.1, -0.05) is 54.6 Å². The first kappa shape index (κ1) is 28.3. The molecule has 1 aliphatic rings. The number of nitrogens with two attached hydrogens (primary N) is 1. The Labute approximate surface area is 249 Å². The molecule has 0 radical (unpaired) electrons. The minimum absolute atomic E-state index is 0.0343. The van der Waals surface area contributed by atoms with Gasteiger partial charge in [-0.15, -0.1) is 0 Å². The third-order valence-corrected chi connectivity index (χ3v) is 6.90. The Kier molecular flexibility index (Phi) is 7.84. The molecular formula is C31H25N5O8. The molecule has 0 spiro atoms. The quantitative estimate of drug-likeness (QED) is 0.199. The zero-order chi connectivity index (χ0) is 30.6. The lowest BCUT2D eigenvalue weighted by Crippen LogP contribution is -2.41. The Morgan fingerprint density at radius 3 is 1.89 bits per heavy atom. The van der Waals surface area contributed by atoms with E-state index < -0.39 is 48.0 Å². The van der Waals surface area contributed by atoms with Crippen molar-refractivity contribution in [2.75, 3.05) is 12.3 Å². The van der Waals surface area contributed by atoms with E-state index in [0.717, 1.165) is 0 Å². The molecule has 4 atom stereocenters. The SMILES string of the molecule is Nc1nc2c(ncn2[C@@H]2O[C@H](COC(=O)c3ccccc3)[C@H](OC(=O)c3ccccc3)[C@H]2OC(=O)c2ccccc2)c(=O)[nH]1. The van der Waals surface area contributed by atoms with Crippen molar-refractivity contribution < 1.29 is 33.3 Å². The van der Waals surface area contributed by atoms with Crippen LogP contribution in [-0.2, 0) is 18.9 Å². The summed E-state index contributed by atoms with van der Waals surface area (Å²) in [6.07, 6.45) is -3.66. The lowest BCUT2D eigenvalue weighted by Gasteiger charge is -2.25.